The van der Waals surface area contributed by atoms with Crippen LogP contribution < -0.4 is 20.3 Å². The molecule has 1 aliphatic carbocycles. The number of amides is 1. The number of carbonyl (C=O) groups is 1. The number of ether oxygens (including phenoxy) is 2. The lowest BCUT2D eigenvalue weighted by Crippen LogP contribution is -2.33. The second kappa shape index (κ2) is 11.2. The first-order chi connectivity index (χ1) is 18.4. The third-order valence-electron chi connectivity index (χ3n) is 7.39. The van der Waals surface area contributed by atoms with E-state index >= 15 is 0 Å². The molecule has 1 fully saturated rings. The van der Waals surface area contributed by atoms with Gasteiger partial charge in [0.15, 0.2) is 0 Å². The van der Waals surface area contributed by atoms with E-state index in [1.165, 1.54) is 22.8 Å². The molecule has 0 saturated heterocycles. The Morgan fingerprint density at radius 2 is 1.67 bits per heavy atom. The number of aryl methyl sites for hydroxylation is 3. The van der Waals surface area contributed by atoms with Crippen LogP contribution in [-0.4, -0.2) is 28.7 Å². The molecule has 4 rings (SSSR count). The van der Waals surface area contributed by atoms with Gasteiger partial charge in [0.25, 0.3) is 5.56 Å². The first-order valence-corrected chi connectivity index (χ1v) is 13.3. The Balaban J connectivity index is 1.78. The minimum atomic E-state index is -1.13. The van der Waals surface area contributed by atoms with E-state index in [4.69, 9.17) is 9.47 Å². The van der Waals surface area contributed by atoms with Gasteiger partial charge in [0.2, 0.25) is 5.91 Å². The highest BCUT2D eigenvalue weighted by Crippen LogP contribution is 2.42. The summed E-state index contributed by atoms with van der Waals surface area (Å²) in [5.74, 6) is 1.09. The summed E-state index contributed by atoms with van der Waals surface area (Å²) in [6, 6.07) is 9.70. The number of halogens is 1. The van der Waals surface area contributed by atoms with Crippen LogP contribution in [0.4, 0.5) is 4.39 Å². The first kappa shape index (κ1) is 28.4. The highest BCUT2D eigenvalue weighted by molar-refractivity contribution is 5.78. The largest absolute Gasteiger partial charge is 0.490 e. The average molecular weight is 537 g/mol. The third kappa shape index (κ3) is 6.33. The zero-order valence-corrected chi connectivity index (χ0v) is 23.4. The van der Waals surface area contributed by atoms with Crippen molar-refractivity contribution < 1.29 is 23.8 Å². The minimum absolute atomic E-state index is 0.0383. The second-order valence-corrected chi connectivity index (χ2v) is 10.9. The van der Waals surface area contributed by atoms with Gasteiger partial charge in [-0.3, -0.25) is 9.59 Å². The van der Waals surface area contributed by atoms with Gasteiger partial charge in [-0.2, -0.15) is 0 Å². The molecular weight excluding hydrogens is 499 g/mol. The molecule has 0 unspecified atom stereocenters. The summed E-state index contributed by atoms with van der Waals surface area (Å²) >= 11 is 0. The molecule has 1 aromatic heterocycles. The standard InChI is InChI=1S/C31H37FN2O5/c1-18-13-22(32)14-19(2)29(18)39-26-12-9-21(31(3,4)37)15-24(26)25-17-34(6)28(35)16-27(25)38-23-10-7-20(8-11-23)30(36)33-5/h9,12-17,20,23,37H,7-8,10-11H2,1-6H3,(H,33,36). The summed E-state index contributed by atoms with van der Waals surface area (Å²) in [5.41, 5.74) is 1.85. The monoisotopic (exact) mass is 536 g/mol. The summed E-state index contributed by atoms with van der Waals surface area (Å²) in [6.45, 7) is 6.96. The summed E-state index contributed by atoms with van der Waals surface area (Å²) in [5, 5.41) is 13.5. The molecule has 39 heavy (non-hydrogen) atoms. The molecule has 1 amide bonds. The molecule has 8 heteroatoms. The fourth-order valence-corrected chi connectivity index (χ4v) is 5.12. The van der Waals surface area contributed by atoms with E-state index < -0.39 is 5.60 Å². The van der Waals surface area contributed by atoms with Gasteiger partial charge < -0.3 is 24.5 Å². The number of carbonyl (C=O) groups excluding carboxylic acids is 1. The average Bonchev–Trinajstić information content (AvgIpc) is 2.87. The highest BCUT2D eigenvalue weighted by Gasteiger charge is 2.28. The molecule has 0 radical (unpaired) electrons. The number of pyridine rings is 1. The van der Waals surface area contributed by atoms with Crippen LogP contribution in [0.3, 0.4) is 0 Å². The number of rotatable bonds is 7. The van der Waals surface area contributed by atoms with E-state index in [-0.39, 0.29) is 29.3 Å². The molecule has 7 nitrogen and oxygen atoms in total. The molecule has 0 aliphatic heterocycles. The normalized spacial score (nSPS) is 17.5. The Labute approximate surface area is 228 Å². The Morgan fingerprint density at radius 3 is 2.26 bits per heavy atom. The van der Waals surface area contributed by atoms with Crippen molar-refractivity contribution in [2.24, 2.45) is 13.0 Å². The van der Waals surface area contributed by atoms with E-state index in [2.05, 4.69) is 5.32 Å². The van der Waals surface area contributed by atoms with Gasteiger partial charge in [-0.1, -0.05) is 6.07 Å². The maximum absolute atomic E-state index is 14.0. The summed E-state index contributed by atoms with van der Waals surface area (Å²) in [7, 11) is 3.31. The van der Waals surface area contributed by atoms with Crippen molar-refractivity contribution in [3.63, 3.8) is 0 Å². The zero-order chi connectivity index (χ0) is 28.5. The van der Waals surface area contributed by atoms with Gasteiger partial charge in [0.1, 0.15) is 23.1 Å². The van der Waals surface area contributed by atoms with E-state index in [0.29, 0.717) is 70.7 Å². The Hall–Kier alpha value is -3.65. The van der Waals surface area contributed by atoms with Gasteiger partial charge in [0, 0.05) is 43.4 Å². The number of aromatic nitrogens is 1. The van der Waals surface area contributed by atoms with Crippen molar-refractivity contribution in [2.75, 3.05) is 7.05 Å². The SMILES string of the molecule is CNC(=O)C1CCC(Oc2cc(=O)n(C)cc2-c2cc(C(C)(C)O)ccc2Oc2c(C)cc(F)cc2C)CC1. The number of hydrogen-bond donors (Lipinski definition) is 2. The highest BCUT2D eigenvalue weighted by atomic mass is 19.1. The fraction of sp³-hybridized carbons (Fsp3) is 0.419. The molecule has 0 atom stereocenters. The van der Waals surface area contributed by atoms with Crippen molar-refractivity contribution in [3.05, 3.63) is 75.5 Å². The van der Waals surface area contributed by atoms with Gasteiger partial charge in [-0.05, 0) is 94.3 Å². The predicted molar refractivity (Wildman–Crippen MR) is 149 cm³/mol. The van der Waals surface area contributed by atoms with Gasteiger partial charge in [-0.25, -0.2) is 4.39 Å². The zero-order valence-electron chi connectivity index (χ0n) is 23.4. The molecule has 2 aromatic carbocycles. The van der Waals surface area contributed by atoms with Crippen molar-refractivity contribution in [1.29, 1.82) is 0 Å². The Morgan fingerprint density at radius 1 is 1.03 bits per heavy atom. The van der Waals surface area contributed by atoms with E-state index in [9.17, 15) is 19.1 Å². The molecule has 208 valence electrons. The third-order valence-corrected chi connectivity index (χ3v) is 7.39. The summed E-state index contributed by atoms with van der Waals surface area (Å²) < 4.78 is 28.2. The Bertz CT molecular complexity index is 1410. The number of nitrogens with one attached hydrogen (secondary N) is 1. The molecule has 0 spiro atoms. The topological polar surface area (TPSA) is 89.8 Å². The van der Waals surface area contributed by atoms with Crippen LogP contribution in [-0.2, 0) is 17.4 Å². The summed E-state index contributed by atoms with van der Waals surface area (Å²) in [4.78, 5) is 24.8. The number of hydrogen-bond acceptors (Lipinski definition) is 5. The molecule has 2 N–H and O–H groups in total. The van der Waals surface area contributed by atoms with E-state index in [0.717, 1.165) is 0 Å². The van der Waals surface area contributed by atoms with Crippen LogP contribution in [0.5, 0.6) is 17.2 Å². The Kier molecular flexibility index (Phi) is 8.16. The van der Waals surface area contributed by atoms with Crippen molar-refractivity contribution in [2.45, 2.75) is 65.1 Å². The van der Waals surface area contributed by atoms with Gasteiger partial charge in [-0.15, -0.1) is 0 Å². The number of benzene rings is 2. The molecule has 3 aromatic rings. The lowest BCUT2D eigenvalue weighted by Gasteiger charge is -2.29. The smallest absolute Gasteiger partial charge is 0.254 e. The van der Waals surface area contributed by atoms with Gasteiger partial charge >= 0.3 is 0 Å². The number of aliphatic hydroxyl groups is 1. The van der Waals surface area contributed by atoms with Crippen LogP contribution in [0.2, 0.25) is 0 Å². The fourth-order valence-electron chi connectivity index (χ4n) is 5.12. The van der Waals surface area contributed by atoms with Crippen molar-refractivity contribution in [1.82, 2.24) is 9.88 Å². The molecule has 1 saturated carbocycles. The first-order valence-electron chi connectivity index (χ1n) is 13.3. The second-order valence-electron chi connectivity index (χ2n) is 10.9. The molecule has 1 aliphatic rings. The van der Waals surface area contributed by atoms with Crippen LogP contribution in [0.25, 0.3) is 11.1 Å². The van der Waals surface area contributed by atoms with Crippen molar-refractivity contribution in [3.8, 4) is 28.4 Å². The number of nitrogens with zero attached hydrogens (tertiary/aromatic N) is 1. The molecule has 0 bridgehead atoms. The molecule has 1 heterocycles. The quantitative estimate of drug-likeness (QED) is 0.416. The maximum atomic E-state index is 14.0. The van der Waals surface area contributed by atoms with E-state index in [1.807, 2.05) is 6.07 Å². The van der Waals surface area contributed by atoms with Gasteiger partial charge in [0.05, 0.1) is 11.7 Å². The van der Waals surface area contributed by atoms with Crippen LogP contribution >= 0.6 is 0 Å². The minimum Gasteiger partial charge on any atom is -0.490 e. The lowest BCUT2D eigenvalue weighted by atomic mass is 9.86. The van der Waals surface area contributed by atoms with Crippen LogP contribution in [0.15, 0.2) is 47.4 Å². The lowest BCUT2D eigenvalue weighted by molar-refractivity contribution is -0.125. The maximum Gasteiger partial charge on any atom is 0.254 e. The molecular formula is C31H37FN2O5. The predicted octanol–water partition coefficient (Wildman–Crippen LogP) is 5.51. The van der Waals surface area contributed by atoms with Crippen LogP contribution in [0, 0.1) is 25.6 Å². The summed E-state index contributed by atoms with van der Waals surface area (Å²) in [6.07, 6.45) is 4.34. The van der Waals surface area contributed by atoms with E-state index in [1.54, 1.807) is 60.1 Å². The van der Waals surface area contributed by atoms with Crippen molar-refractivity contribution >= 4 is 5.91 Å². The van der Waals surface area contributed by atoms with Crippen LogP contribution in [0.1, 0.15) is 56.2 Å².